The Morgan fingerprint density at radius 2 is 1.78 bits per heavy atom. The van der Waals surface area contributed by atoms with Gasteiger partial charge in [-0.2, -0.15) is 0 Å². The van der Waals surface area contributed by atoms with Crippen LogP contribution < -0.4 is 5.63 Å². The van der Waals surface area contributed by atoms with Crippen LogP contribution in [0.15, 0.2) is 58.1 Å². The summed E-state index contributed by atoms with van der Waals surface area (Å²) in [5, 5.41) is 0. The number of benzene rings is 1. The predicted molar refractivity (Wildman–Crippen MR) is 84.3 cm³/mol. The van der Waals surface area contributed by atoms with E-state index >= 15 is 0 Å². The van der Waals surface area contributed by atoms with Crippen LogP contribution in [0.4, 0.5) is 4.39 Å². The maximum Gasteiger partial charge on any atom is 0.365 e. The molecule has 2 aromatic heterocycles. The minimum Gasteiger partial charge on any atom is -0.335 e. The van der Waals surface area contributed by atoms with E-state index in [1.165, 1.54) is 12.1 Å². The summed E-state index contributed by atoms with van der Waals surface area (Å²) >= 11 is 0. The molecule has 1 fully saturated rings. The fourth-order valence-corrected chi connectivity index (χ4v) is 2.75. The van der Waals surface area contributed by atoms with Gasteiger partial charge in [0.15, 0.2) is 0 Å². The fraction of sp³-hybridized carbons (Fsp3) is 0.222. The summed E-state index contributed by atoms with van der Waals surface area (Å²) in [4.78, 5) is 16.5. The third kappa shape index (κ3) is 2.70. The van der Waals surface area contributed by atoms with Gasteiger partial charge in [0.25, 0.3) is 0 Å². The lowest BCUT2D eigenvalue weighted by atomic mass is 10.0. The number of halogens is 1. The van der Waals surface area contributed by atoms with E-state index in [1.807, 2.05) is 12.1 Å². The summed E-state index contributed by atoms with van der Waals surface area (Å²) in [6.45, 7) is 0.689. The first kappa shape index (κ1) is 13.9. The van der Waals surface area contributed by atoms with Crippen LogP contribution in [0.25, 0.3) is 22.4 Å². The van der Waals surface area contributed by atoms with Gasteiger partial charge in [-0.25, -0.2) is 13.9 Å². The average Bonchev–Trinajstić information content (AvgIpc) is 3.32. The molecule has 0 aliphatic heterocycles. The van der Waals surface area contributed by atoms with E-state index in [4.69, 9.17) is 4.52 Å². The molecule has 0 unspecified atom stereocenters. The van der Waals surface area contributed by atoms with E-state index in [2.05, 4.69) is 4.98 Å². The predicted octanol–water partition coefficient (Wildman–Crippen LogP) is 3.72. The third-order valence-corrected chi connectivity index (χ3v) is 4.09. The number of hydrogen-bond acceptors (Lipinski definition) is 3. The van der Waals surface area contributed by atoms with Crippen LogP contribution in [0, 0.1) is 11.7 Å². The Kier molecular flexibility index (Phi) is 3.33. The van der Waals surface area contributed by atoms with E-state index in [1.54, 1.807) is 29.3 Å². The van der Waals surface area contributed by atoms with Gasteiger partial charge in [0, 0.05) is 18.0 Å². The quantitative estimate of drug-likeness (QED) is 0.738. The molecule has 1 aliphatic rings. The summed E-state index contributed by atoms with van der Waals surface area (Å²) in [5.74, 6) is 0.230. The number of nitrogens with zero attached hydrogens (tertiary/aromatic N) is 2. The van der Waals surface area contributed by atoms with Crippen LogP contribution in [-0.4, -0.2) is 9.72 Å². The maximum absolute atomic E-state index is 13.2. The zero-order valence-electron chi connectivity index (χ0n) is 12.4. The second-order valence-corrected chi connectivity index (χ2v) is 5.85. The molecule has 4 nitrogen and oxygen atoms in total. The van der Waals surface area contributed by atoms with E-state index in [0.717, 1.165) is 24.1 Å². The number of pyridine rings is 1. The van der Waals surface area contributed by atoms with Gasteiger partial charge in [0.05, 0.1) is 17.8 Å². The van der Waals surface area contributed by atoms with Gasteiger partial charge in [0.1, 0.15) is 5.82 Å². The van der Waals surface area contributed by atoms with Gasteiger partial charge in [0.2, 0.25) is 0 Å². The molecule has 23 heavy (non-hydrogen) atoms. The van der Waals surface area contributed by atoms with Crippen molar-refractivity contribution in [2.45, 2.75) is 19.4 Å². The number of rotatable bonds is 4. The molecule has 3 aromatic rings. The molecule has 1 aliphatic carbocycles. The summed E-state index contributed by atoms with van der Waals surface area (Å²) in [6.07, 6.45) is 5.68. The van der Waals surface area contributed by atoms with Gasteiger partial charge in [-0.3, -0.25) is 4.98 Å². The minimum absolute atomic E-state index is 0.332. The van der Waals surface area contributed by atoms with Crippen molar-refractivity contribution in [1.29, 1.82) is 0 Å². The van der Waals surface area contributed by atoms with Crippen LogP contribution in [0.3, 0.4) is 0 Å². The number of aromatic nitrogens is 2. The summed E-state index contributed by atoms with van der Waals surface area (Å²) < 4.78 is 20.4. The van der Waals surface area contributed by atoms with E-state index in [9.17, 15) is 9.18 Å². The monoisotopic (exact) mass is 310 g/mol. The van der Waals surface area contributed by atoms with Crippen molar-refractivity contribution in [3.8, 4) is 22.4 Å². The Labute approximate surface area is 132 Å². The summed E-state index contributed by atoms with van der Waals surface area (Å²) in [6, 6.07) is 9.61. The van der Waals surface area contributed by atoms with Crippen LogP contribution in [-0.2, 0) is 6.54 Å². The lowest BCUT2D eigenvalue weighted by molar-refractivity contribution is 0.245. The topological polar surface area (TPSA) is 48.0 Å². The lowest BCUT2D eigenvalue weighted by Gasteiger charge is -2.08. The molecule has 116 valence electrons. The molecule has 0 amide bonds. The maximum atomic E-state index is 13.2. The fourth-order valence-electron chi connectivity index (χ4n) is 2.75. The SMILES string of the molecule is O=c1on(CC2CC2)c(-c2ccncc2)c1-c1ccc(F)cc1. The molecule has 4 rings (SSSR count). The standard InChI is InChI=1S/C18H15FN2O2/c19-15-5-3-13(4-6-15)16-17(14-7-9-20-10-8-14)21(23-18(16)22)11-12-1-2-12/h3-10,12H,1-2,11H2. The highest BCUT2D eigenvalue weighted by Crippen LogP contribution is 2.35. The Morgan fingerprint density at radius 1 is 1.09 bits per heavy atom. The largest absolute Gasteiger partial charge is 0.365 e. The van der Waals surface area contributed by atoms with Crippen molar-refractivity contribution in [2.24, 2.45) is 5.92 Å². The van der Waals surface area contributed by atoms with Gasteiger partial charge in [-0.1, -0.05) is 12.1 Å². The van der Waals surface area contributed by atoms with Crippen LogP contribution in [0.5, 0.6) is 0 Å². The van der Waals surface area contributed by atoms with Crippen molar-refractivity contribution < 1.29 is 8.91 Å². The Morgan fingerprint density at radius 3 is 2.43 bits per heavy atom. The minimum atomic E-state index is -0.399. The molecule has 0 N–H and O–H groups in total. The van der Waals surface area contributed by atoms with Crippen LogP contribution >= 0.6 is 0 Å². The molecule has 0 radical (unpaired) electrons. The second-order valence-electron chi connectivity index (χ2n) is 5.85. The van der Waals surface area contributed by atoms with Crippen molar-refractivity contribution in [2.75, 3.05) is 0 Å². The normalized spacial score (nSPS) is 14.1. The molecule has 1 aromatic carbocycles. The van der Waals surface area contributed by atoms with E-state index in [0.29, 0.717) is 23.6 Å². The van der Waals surface area contributed by atoms with E-state index < -0.39 is 5.63 Å². The van der Waals surface area contributed by atoms with E-state index in [-0.39, 0.29) is 5.82 Å². The van der Waals surface area contributed by atoms with Gasteiger partial charge >= 0.3 is 5.63 Å². The molecule has 0 spiro atoms. The first-order valence-corrected chi connectivity index (χ1v) is 7.63. The first-order valence-electron chi connectivity index (χ1n) is 7.63. The van der Waals surface area contributed by atoms with Crippen molar-refractivity contribution in [3.05, 3.63) is 65.0 Å². The van der Waals surface area contributed by atoms with Crippen molar-refractivity contribution in [1.82, 2.24) is 9.72 Å². The molecule has 0 saturated heterocycles. The smallest absolute Gasteiger partial charge is 0.335 e. The molecule has 1 saturated carbocycles. The molecule has 0 atom stereocenters. The van der Waals surface area contributed by atoms with Crippen molar-refractivity contribution in [3.63, 3.8) is 0 Å². The Balaban J connectivity index is 1.91. The highest BCUT2D eigenvalue weighted by Gasteiger charge is 2.27. The molecule has 5 heteroatoms. The highest BCUT2D eigenvalue weighted by atomic mass is 19.1. The lowest BCUT2D eigenvalue weighted by Crippen LogP contribution is -2.01. The zero-order chi connectivity index (χ0) is 15.8. The molecule has 2 heterocycles. The molecular weight excluding hydrogens is 295 g/mol. The zero-order valence-corrected chi connectivity index (χ0v) is 12.4. The first-order chi connectivity index (χ1) is 11.2. The van der Waals surface area contributed by atoms with Crippen molar-refractivity contribution >= 4 is 0 Å². The summed E-state index contributed by atoms with van der Waals surface area (Å²) in [7, 11) is 0. The highest BCUT2D eigenvalue weighted by molar-refractivity contribution is 5.80. The Bertz CT molecular complexity index is 878. The summed E-state index contributed by atoms with van der Waals surface area (Å²) in [5.41, 5.74) is 2.32. The van der Waals surface area contributed by atoms with Crippen LogP contribution in [0.1, 0.15) is 12.8 Å². The van der Waals surface area contributed by atoms with Gasteiger partial charge < -0.3 is 4.52 Å². The third-order valence-electron chi connectivity index (χ3n) is 4.09. The van der Waals surface area contributed by atoms with Crippen LogP contribution in [0.2, 0.25) is 0 Å². The average molecular weight is 310 g/mol. The molecular formula is C18H15FN2O2. The van der Waals surface area contributed by atoms with Gasteiger partial charge in [-0.15, -0.1) is 0 Å². The molecule has 0 bridgehead atoms. The number of hydrogen-bond donors (Lipinski definition) is 0. The Hall–Kier alpha value is -2.69. The second kappa shape index (κ2) is 5.50. The van der Waals surface area contributed by atoms with Gasteiger partial charge in [-0.05, 0) is 48.6 Å².